The standard InChI is InChI=1S/C21H20N2S2/c1-2-15-9-11-16(12-10-15)21(19-8-5-13-24-19)22-14-20-23-17-6-3-4-7-18(17)25-20/h3-13,21-22H,2,14H2,1H3/t21-/m1/s1. The molecule has 0 aliphatic rings. The highest BCUT2D eigenvalue weighted by Gasteiger charge is 2.15. The highest BCUT2D eigenvalue weighted by molar-refractivity contribution is 7.18. The van der Waals surface area contributed by atoms with Crippen LogP contribution in [0, 0.1) is 0 Å². The van der Waals surface area contributed by atoms with Gasteiger partial charge in [-0.3, -0.25) is 5.32 Å². The van der Waals surface area contributed by atoms with E-state index in [1.54, 1.807) is 22.7 Å². The molecule has 0 spiro atoms. The van der Waals surface area contributed by atoms with E-state index in [2.05, 4.69) is 72.2 Å². The maximum atomic E-state index is 4.75. The first-order chi connectivity index (χ1) is 12.3. The Bertz CT molecular complexity index is 907. The Kier molecular flexibility index (Phi) is 4.92. The number of thiophene rings is 1. The van der Waals surface area contributed by atoms with Crippen molar-refractivity contribution in [2.24, 2.45) is 0 Å². The summed E-state index contributed by atoms with van der Waals surface area (Å²) in [6, 6.07) is 21.8. The third kappa shape index (κ3) is 3.66. The second-order valence-corrected chi connectivity index (χ2v) is 8.09. The summed E-state index contributed by atoms with van der Waals surface area (Å²) in [5.41, 5.74) is 3.77. The van der Waals surface area contributed by atoms with Crippen molar-refractivity contribution in [3.63, 3.8) is 0 Å². The molecule has 2 aromatic carbocycles. The zero-order valence-corrected chi connectivity index (χ0v) is 15.7. The van der Waals surface area contributed by atoms with Crippen molar-refractivity contribution in [3.8, 4) is 0 Å². The predicted molar refractivity (Wildman–Crippen MR) is 108 cm³/mol. The van der Waals surface area contributed by atoms with E-state index in [1.807, 2.05) is 6.07 Å². The van der Waals surface area contributed by atoms with Gasteiger partial charge in [0.15, 0.2) is 0 Å². The molecule has 4 rings (SSSR count). The number of aromatic nitrogens is 1. The molecule has 2 aromatic heterocycles. The molecule has 0 bridgehead atoms. The minimum absolute atomic E-state index is 0.206. The van der Waals surface area contributed by atoms with Crippen LogP contribution in [-0.4, -0.2) is 4.98 Å². The Morgan fingerprint density at radius 1 is 1.00 bits per heavy atom. The number of thiazole rings is 1. The molecule has 0 unspecified atom stereocenters. The van der Waals surface area contributed by atoms with Gasteiger partial charge in [0, 0.05) is 11.4 Å². The lowest BCUT2D eigenvalue weighted by Gasteiger charge is -2.18. The van der Waals surface area contributed by atoms with Gasteiger partial charge < -0.3 is 0 Å². The monoisotopic (exact) mass is 364 g/mol. The van der Waals surface area contributed by atoms with E-state index in [9.17, 15) is 0 Å². The zero-order valence-electron chi connectivity index (χ0n) is 14.1. The van der Waals surface area contributed by atoms with Gasteiger partial charge >= 0.3 is 0 Å². The van der Waals surface area contributed by atoms with E-state index in [-0.39, 0.29) is 6.04 Å². The summed E-state index contributed by atoms with van der Waals surface area (Å²) in [6.45, 7) is 2.97. The SMILES string of the molecule is CCc1ccc([C@@H](NCc2nc3ccccc3s2)c2cccs2)cc1. The number of hydrogen-bond acceptors (Lipinski definition) is 4. The molecule has 2 heterocycles. The molecule has 4 aromatic rings. The molecule has 1 N–H and O–H groups in total. The lowest BCUT2D eigenvalue weighted by Crippen LogP contribution is -2.21. The molecule has 0 radical (unpaired) electrons. The number of nitrogens with one attached hydrogen (secondary N) is 1. The van der Waals surface area contributed by atoms with Crippen LogP contribution < -0.4 is 5.32 Å². The van der Waals surface area contributed by atoms with Crippen molar-refractivity contribution in [2.75, 3.05) is 0 Å². The Hall–Kier alpha value is -2.01. The normalized spacial score (nSPS) is 12.5. The van der Waals surface area contributed by atoms with E-state index in [1.165, 1.54) is 20.7 Å². The quantitative estimate of drug-likeness (QED) is 0.468. The topological polar surface area (TPSA) is 24.9 Å². The molecule has 0 aliphatic heterocycles. The summed E-state index contributed by atoms with van der Waals surface area (Å²) in [7, 11) is 0. The van der Waals surface area contributed by atoms with Crippen LogP contribution in [0.2, 0.25) is 0 Å². The highest BCUT2D eigenvalue weighted by Crippen LogP contribution is 2.28. The fraction of sp³-hybridized carbons (Fsp3) is 0.190. The Balaban J connectivity index is 1.57. The van der Waals surface area contributed by atoms with E-state index in [4.69, 9.17) is 4.98 Å². The molecular weight excluding hydrogens is 344 g/mol. The van der Waals surface area contributed by atoms with Gasteiger partial charge in [-0.2, -0.15) is 0 Å². The number of nitrogens with zero attached hydrogens (tertiary/aromatic N) is 1. The van der Waals surface area contributed by atoms with Gasteiger partial charge in [-0.1, -0.05) is 49.4 Å². The van der Waals surface area contributed by atoms with E-state index in [0.29, 0.717) is 0 Å². The Morgan fingerprint density at radius 2 is 1.84 bits per heavy atom. The third-order valence-electron chi connectivity index (χ3n) is 4.34. The first kappa shape index (κ1) is 16.5. The van der Waals surface area contributed by atoms with Crippen LogP contribution in [0.1, 0.15) is 34.0 Å². The van der Waals surface area contributed by atoms with Crippen LogP contribution in [0.3, 0.4) is 0 Å². The van der Waals surface area contributed by atoms with Crippen LogP contribution >= 0.6 is 22.7 Å². The van der Waals surface area contributed by atoms with Gasteiger partial charge in [-0.05, 0) is 41.1 Å². The summed E-state index contributed by atoms with van der Waals surface area (Å²) < 4.78 is 1.25. The summed E-state index contributed by atoms with van der Waals surface area (Å²) >= 11 is 3.56. The molecular formula is C21H20N2S2. The second kappa shape index (κ2) is 7.48. The molecule has 2 nitrogen and oxygen atoms in total. The van der Waals surface area contributed by atoms with Crippen molar-refractivity contribution >= 4 is 32.9 Å². The van der Waals surface area contributed by atoms with Crippen LogP contribution in [0.25, 0.3) is 10.2 Å². The fourth-order valence-electron chi connectivity index (χ4n) is 2.97. The molecule has 25 heavy (non-hydrogen) atoms. The second-order valence-electron chi connectivity index (χ2n) is 6.00. The van der Waals surface area contributed by atoms with Gasteiger partial charge in [0.1, 0.15) is 5.01 Å². The zero-order chi connectivity index (χ0) is 17.1. The van der Waals surface area contributed by atoms with Crippen molar-refractivity contribution in [2.45, 2.75) is 25.9 Å². The van der Waals surface area contributed by atoms with E-state index >= 15 is 0 Å². The maximum absolute atomic E-state index is 4.75. The number of aryl methyl sites for hydroxylation is 1. The Labute approximate surface area is 156 Å². The number of rotatable bonds is 6. The van der Waals surface area contributed by atoms with Crippen molar-refractivity contribution < 1.29 is 0 Å². The molecule has 4 heteroatoms. The average Bonchev–Trinajstić information content (AvgIpc) is 3.32. The van der Waals surface area contributed by atoms with Crippen LogP contribution in [0.4, 0.5) is 0 Å². The molecule has 0 fully saturated rings. The van der Waals surface area contributed by atoms with Crippen LogP contribution in [0.15, 0.2) is 66.0 Å². The number of fused-ring (bicyclic) bond motifs is 1. The Morgan fingerprint density at radius 3 is 2.56 bits per heavy atom. The van der Waals surface area contributed by atoms with Gasteiger partial charge in [0.2, 0.25) is 0 Å². The van der Waals surface area contributed by atoms with Crippen molar-refractivity contribution in [1.82, 2.24) is 10.3 Å². The first-order valence-electron chi connectivity index (χ1n) is 8.53. The van der Waals surface area contributed by atoms with Crippen LogP contribution in [0.5, 0.6) is 0 Å². The predicted octanol–water partition coefficient (Wildman–Crippen LogP) is 5.80. The van der Waals surface area contributed by atoms with Crippen molar-refractivity contribution in [1.29, 1.82) is 0 Å². The number of benzene rings is 2. The van der Waals surface area contributed by atoms with Gasteiger partial charge in [0.05, 0.1) is 16.3 Å². The number of para-hydroxylation sites is 1. The highest BCUT2D eigenvalue weighted by atomic mass is 32.1. The summed E-state index contributed by atoms with van der Waals surface area (Å²) in [6.07, 6.45) is 1.07. The smallest absolute Gasteiger partial charge is 0.108 e. The third-order valence-corrected chi connectivity index (χ3v) is 6.32. The van der Waals surface area contributed by atoms with Gasteiger partial charge in [-0.25, -0.2) is 4.98 Å². The summed E-state index contributed by atoms with van der Waals surface area (Å²) in [4.78, 5) is 6.08. The van der Waals surface area contributed by atoms with Crippen molar-refractivity contribution in [3.05, 3.63) is 87.1 Å². The molecule has 0 saturated heterocycles. The molecule has 126 valence electrons. The number of hydrogen-bond donors (Lipinski definition) is 1. The molecule has 0 amide bonds. The van der Waals surface area contributed by atoms with Gasteiger partial charge in [0.25, 0.3) is 0 Å². The minimum Gasteiger partial charge on any atom is -0.299 e. The van der Waals surface area contributed by atoms with Crippen LogP contribution in [-0.2, 0) is 13.0 Å². The van der Waals surface area contributed by atoms with E-state index in [0.717, 1.165) is 23.5 Å². The lowest BCUT2D eigenvalue weighted by molar-refractivity contribution is 0.612. The summed E-state index contributed by atoms with van der Waals surface area (Å²) in [5.74, 6) is 0. The molecule has 0 saturated carbocycles. The van der Waals surface area contributed by atoms with E-state index < -0.39 is 0 Å². The lowest BCUT2D eigenvalue weighted by atomic mass is 10.0. The fourth-order valence-corrected chi connectivity index (χ4v) is 4.71. The molecule has 0 aliphatic carbocycles. The first-order valence-corrected chi connectivity index (χ1v) is 10.2. The maximum Gasteiger partial charge on any atom is 0.108 e. The van der Waals surface area contributed by atoms with Gasteiger partial charge in [-0.15, -0.1) is 22.7 Å². The minimum atomic E-state index is 0.206. The summed E-state index contributed by atoms with van der Waals surface area (Å²) in [5, 5.41) is 6.98. The molecule has 1 atom stereocenters. The largest absolute Gasteiger partial charge is 0.299 e. The average molecular weight is 365 g/mol.